The maximum atomic E-state index is 14.3. The lowest BCUT2D eigenvalue weighted by atomic mass is 10.1. The molecule has 0 radical (unpaired) electrons. The molecule has 0 aliphatic rings. The van der Waals surface area contributed by atoms with E-state index in [2.05, 4.69) is 9.47 Å². The van der Waals surface area contributed by atoms with Gasteiger partial charge in [0.2, 0.25) is 34.8 Å². The lowest BCUT2D eigenvalue weighted by Gasteiger charge is -2.18. The van der Waals surface area contributed by atoms with Crippen LogP contribution in [0.25, 0.3) is 0 Å². The average molecular weight is 522 g/mol. The van der Waals surface area contributed by atoms with Crippen LogP contribution in [0.2, 0.25) is 0 Å². The maximum absolute atomic E-state index is 14.3. The smallest absolute Gasteiger partial charge is 0.422 e. The van der Waals surface area contributed by atoms with Crippen LogP contribution in [0.4, 0.5) is 64.1 Å². The summed E-state index contributed by atoms with van der Waals surface area (Å²) in [7, 11) is 0. The van der Waals surface area contributed by atoms with Crippen LogP contribution in [0.15, 0.2) is 12.1 Å². The van der Waals surface area contributed by atoms with E-state index in [4.69, 9.17) is 11.5 Å². The quantitative estimate of drug-likeness (QED) is 0.173. The lowest BCUT2D eigenvalue weighted by Crippen LogP contribution is -2.12. The van der Waals surface area contributed by atoms with E-state index < -0.39 is 98.5 Å². The summed E-state index contributed by atoms with van der Waals surface area (Å²) in [6.07, 6.45) is -5.67. The van der Waals surface area contributed by atoms with Gasteiger partial charge in [-0.3, -0.25) is 0 Å². The van der Waals surface area contributed by atoms with Crippen molar-refractivity contribution in [1.82, 2.24) is 0 Å². The highest BCUT2D eigenvalue weighted by molar-refractivity contribution is 5.54. The van der Waals surface area contributed by atoms with E-state index in [0.717, 1.165) is 0 Å². The average Bonchev–Trinajstić information content (AvgIpc) is 2.78. The molecule has 35 heavy (non-hydrogen) atoms. The standard InChI is InChI=1S/C19H6F12N2O2/c20-4-1-3(34-17-11(25)7(21)9(23)15(32)13(17)27)2-5(6(4)19(29,30)31)35-18-12(26)8(22)10(24)16(33)14(18)28/h1-2H,32-33H2. The van der Waals surface area contributed by atoms with Gasteiger partial charge in [-0.1, -0.05) is 0 Å². The van der Waals surface area contributed by atoms with Crippen molar-refractivity contribution < 1.29 is 62.2 Å². The molecular formula is C19H6F12N2O2. The van der Waals surface area contributed by atoms with E-state index in [1.807, 2.05) is 0 Å². The number of ether oxygens (including phenoxy) is 2. The molecule has 16 heteroatoms. The molecule has 0 atom stereocenters. The monoisotopic (exact) mass is 522 g/mol. The van der Waals surface area contributed by atoms with E-state index in [-0.39, 0.29) is 12.1 Å². The predicted molar refractivity (Wildman–Crippen MR) is 92.9 cm³/mol. The van der Waals surface area contributed by atoms with Crippen molar-refractivity contribution in [2.24, 2.45) is 0 Å². The first-order valence-electron chi connectivity index (χ1n) is 8.57. The third-order valence-electron chi connectivity index (χ3n) is 4.26. The van der Waals surface area contributed by atoms with Crippen LogP contribution in [-0.4, -0.2) is 0 Å². The zero-order chi connectivity index (χ0) is 26.6. The first kappa shape index (κ1) is 25.6. The Hall–Kier alpha value is -3.98. The van der Waals surface area contributed by atoms with Gasteiger partial charge in [0.25, 0.3) is 0 Å². The Kier molecular flexibility index (Phi) is 6.35. The molecular weight excluding hydrogens is 516 g/mol. The largest absolute Gasteiger partial charge is 0.451 e. The van der Waals surface area contributed by atoms with Crippen LogP contribution in [0, 0.1) is 52.4 Å². The van der Waals surface area contributed by atoms with Gasteiger partial charge in [0.1, 0.15) is 34.3 Å². The van der Waals surface area contributed by atoms with Crippen LogP contribution >= 0.6 is 0 Å². The fourth-order valence-corrected chi connectivity index (χ4v) is 2.64. The molecule has 0 amide bonds. The topological polar surface area (TPSA) is 70.5 Å². The van der Waals surface area contributed by atoms with Crippen molar-refractivity contribution in [2.75, 3.05) is 11.5 Å². The summed E-state index contributed by atoms with van der Waals surface area (Å²) in [4.78, 5) is 0. The van der Waals surface area contributed by atoms with E-state index >= 15 is 0 Å². The molecule has 0 fully saturated rings. The van der Waals surface area contributed by atoms with Crippen LogP contribution < -0.4 is 20.9 Å². The summed E-state index contributed by atoms with van der Waals surface area (Å²) in [6.45, 7) is 0. The van der Waals surface area contributed by atoms with Gasteiger partial charge in [-0.05, 0) is 0 Å². The zero-order valence-corrected chi connectivity index (χ0v) is 16.2. The minimum Gasteiger partial charge on any atom is -0.451 e. The van der Waals surface area contributed by atoms with Crippen molar-refractivity contribution in [2.45, 2.75) is 6.18 Å². The highest BCUT2D eigenvalue weighted by atomic mass is 19.4. The van der Waals surface area contributed by atoms with Crippen LogP contribution in [0.3, 0.4) is 0 Å². The zero-order valence-electron chi connectivity index (χ0n) is 16.2. The third kappa shape index (κ3) is 4.30. The molecule has 0 saturated heterocycles. The van der Waals surface area contributed by atoms with Gasteiger partial charge in [-0.2, -0.15) is 22.0 Å². The normalized spacial score (nSPS) is 11.7. The highest BCUT2D eigenvalue weighted by Gasteiger charge is 2.40. The van der Waals surface area contributed by atoms with E-state index in [1.54, 1.807) is 0 Å². The van der Waals surface area contributed by atoms with Gasteiger partial charge in [0.05, 0.1) is 0 Å². The second-order valence-corrected chi connectivity index (χ2v) is 6.48. The summed E-state index contributed by atoms with van der Waals surface area (Å²) in [5.41, 5.74) is 3.99. The summed E-state index contributed by atoms with van der Waals surface area (Å²) in [6, 6.07) is -0.225. The minimum absolute atomic E-state index is 0.0570. The molecule has 0 spiro atoms. The molecule has 0 unspecified atom stereocenters. The van der Waals surface area contributed by atoms with Gasteiger partial charge in [0.15, 0.2) is 23.3 Å². The van der Waals surface area contributed by atoms with E-state index in [0.29, 0.717) is 0 Å². The van der Waals surface area contributed by atoms with Crippen LogP contribution in [0.5, 0.6) is 23.0 Å². The van der Waals surface area contributed by atoms with Crippen molar-refractivity contribution in [1.29, 1.82) is 0 Å². The molecule has 0 aromatic heterocycles. The predicted octanol–water partition coefficient (Wildman–Crippen LogP) is 6.71. The first-order valence-corrected chi connectivity index (χ1v) is 8.57. The van der Waals surface area contributed by atoms with Gasteiger partial charge in [0, 0.05) is 12.1 Å². The fourth-order valence-electron chi connectivity index (χ4n) is 2.64. The molecule has 4 nitrogen and oxygen atoms in total. The van der Waals surface area contributed by atoms with Gasteiger partial charge in [-0.15, -0.1) is 0 Å². The number of anilines is 2. The van der Waals surface area contributed by atoms with Gasteiger partial charge >= 0.3 is 6.18 Å². The molecule has 4 N–H and O–H groups in total. The Balaban J connectivity index is 2.22. The van der Waals surface area contributed by atoms with Crippen molar-refractivity contribution >= 4 is 11.4 Å². The molecule has 0 heterocycles. The maximum Gasteiger partial charge on any atom is 0.422 e. The summed E-state index contributed by atoms with van der Waals surface area (Å²) in [5.74, 6) is -28.0. The molecule has 0 bridgehead atoms. The van der Waals surface area contributed by atoms with Crippen molar-refractivity contribution in [3.05, 3.63) is 70.1 Å². The van der Waals surface area contributed by atoms with Crippen LogP contribution in [-0.2, 0) is 6.18 Å². The number of rotatable bonds is 4. The van der Waals surface area contributed by atoms with E-state index in [9.17, 15) is 52.7 Å². The number of halogens is 12. The second kappa shape index (κ2) is 8.66. The molecule has 3 aromatic rings. The van der Waals surface area contributed by atoms with Gasteiger partial charge < -0.3 is 20.9 Å². The Morgan fingerprint density at radius 1 is 0.543 bits per heavy atom. The first-order chi connectivity index (χ1) is 16.1. The lowest BCUT2D eigenvalue weighted by molar-refractivity contribution is -0.141. The number of benzene rings is 3. The minimum atomic E-state index is -5.67. The number of alkyl halides is 3. The molecule has 188 valence electrons. The fraction of sp³-hybridized carbons (Fsp3) is 0.0526. The van der Waals surface area contributed by atoms with Crippen molar-refractivity contribution in [3.63, 3.8) is 0 Å². The number of nitrogen functional groups attached to an aromatic ring is 2. The highest BCUT2D eigenvalue weighted by Crippen LogP contribution is 2.45. The second-order valence-electron chi connectivity index (χ2n) is 6.48. The number of hydrogen-bond donors (Lipinski definition) is 2. The molecule has 0 aliphatic carbocycles. The molecule has 3 rings (SSSR count). The number of hydrogen-bond acceptors (Lipinski definition) is 4. The summed E-state index contributed by atoms with van der Waals surface area (Å²) in [5, 5.41) is 0. The Labute approximate surface area is 185 Å². The third-order valence-corrected chi connectivity index (χ3v) is 4.26. The molecule has 3 aromatic carbocycles. The Morgan fingerprint density at radius 2 is 0.971 bits per heavy atom. The van der Waals surface area contributed by atoms with Crippen LogP contribution in [0.1, 0.15) is 5.56 Å². The summed E-state index contributed by atoms with van der Waals surface area (Å²) >= 11 is 0. The molecule has 0 aliphatic heterocycles. The van der Waals surface area contributed by atoms with E-state index in [1.165, 1.54) is 0 Å². The SMILES string of the molecule is Nc1c(F)c(F)c(F)c(Oc2cc(F)c(C(F)(F)F)c(Oc3c(F)c(N)c(F)c(F)c3F)c2)c1F. The Morgan fingerprint density at radius 3 is 1.40 bits per heavy atom. The molecule has 0 saturated carbocycles. The number of nitrogens with two attached hydrogens (primary N) is 2. The Bertz CT molecular complexity index is 1300. The van der Waals surface area contributed by atoms with Gasteiger partial charge in [-0.25, -0.2) is 30.7 Å². The van der Waals surface area contributed by atoms with Crippen molar-refractivity contribution in [3.8, 4) is 23.0 Å². The summed E-state index contributed by atoms with van der Waals surface area (Å²) < 4.78 is 173.